The quantitative estimate of drug-likeness (QED) is 0.336. The van der Waals surface area contributed by atoms with Crippen LogP contribution in [0.5, 0.6) is 11.5 Å². The van der Waals surface area contributed by atoms with Gasteiger partial charge in [-0.3, -0.25) is 4.79 Å². The van der Waals surface area contributed by atoms with Gasteiger partial charge < -0.3 is 14.8 Å². The van der Waals surface area contributed by atoms with Crippen molar-refractivity contribution in [1.29, 1.82) is 0 Å². The summed E-state index contributed by atoms with van der Waals surface area (Å²) in [5, 5.41) is 5.25. The fourth-order valence-corrected chi connectivity index (χ4v) is 4.14. The summed E-state index contributed by atoms with van der Waals surface area (Å²) in [6.45, 7) is 0.419. The lowest BCUT2D eigenvalue weighted by Gasteiger charge is -2.08. The Hall–Kier alpha value is -3.78. The molecule has 1 heterocycles. The average molecular weight is 481 g/mol. The second kappa shape index (κ2) is 10.9. The first-order valence-corrected chi connectivity index (χ1v) is 11.4. The summed E-state index contributed by atoms with van der Waals surface area (Å²) in [7, 11) is 1.62. The lowest BCUT2D eigenvalue weighted by Crippen LogP contribution is -2.26. The lowest BCUT2D eigenvalue weighted by molar-refractivity contribution is 0.0950. The van der Waals surface area contributed by atoms with Gasteiger partial charge in [0.05, 0.1) is 7.11 Å². The minimum Gasteiger partial charge on any atom is -0.496 e. The van der Waals surface area contributed by atoms with Crippen molar-refractivity contribution in [3.05, 3.63) is 101 Å². The van der Waals surface area contributed by atoms with Gasteiger partial charge in [0.1, 0.15) is 40.4 Å². The van der Waals surface area contributed by atoms with Gasteiger partial charge in [-0.2, -0.15) is 0 Å². The van der Waals surface area contributed by atoms with Crippen molar-refractivity contribution in [3.8, 4) is 22.1 Å². The summed E-state index contributed by atoms with van der Waals surface area (Å²) in [6, 6.07) is 18.2. The minimum atomic E-state index is -0.655. The number of nitrogens with zero attached hydrogens (tertiary/aromatic N) is 1. The van der Waals surface area contributed by atoms with E-state index in [-0.39, 0.29) is 18.1 Å². The highest BCUT2D eigenvalue weighted by atomic mass is 32.1. The molecule has 0 radical (unpaired) electrons. The predicted molar refractivity (Wildman–Crippen MR) is 127 cm³/mol. The maximum absolute atomic E-state index is 13.8. The van der Waals surface area contributed by atoms with E-state index in [1.165, 1.54) is 23.5 Å². The molecular weight excluding hydrogens is 458 g/mol. The van der Waals surface area contributed by atoms with E-state index in [2.05, 4.69) is 10.3 Å². The molecule has 0 saturated heterocycles. The van der Waals surface area contributed by atoms with E-state index in [1.807, 2.05) is 30.3 Å². The van der Waals surface area contributed by atoms with Crippen molar-refractivity contribution in [2.75, 3.05) is 13.7 Å². The number of benzene rings is 3. The Bertz CT molecular complexity index is 1290. The normalized spacial score (nSPS) is 10.7. The number of rotatable bonds is 9. The van der Waals surface area contributed by atoms with Gasteiger partial charge in [0, 0.05) is 29.1 Å². The summed E-state index contributed by atoms with van der Waals surface area (Å²) >= 11 is 1.34. The summed E-state index contributed by atoms with van der Waals surface area (Å²) in [6.07, 6.45) is 0.640. The fourth-order valence-electron chi connectivity index (χ4n) is 3.34. The van der Waals surface area contributed by atoms with Crippen molar-refractivity contribution in [1.82, 2.24) is 10.3 Å². The molecule has 0 spiro atoms. The smallest absolute Gasteiger partial charge is 0.270 e. The van der Waals surface area contributed by atoms with E-state index in [0.29, 0.717) is 29.4 Å². The standard InChI is InChI=1S/C26H22F2N2O3S/c1-32-24-8-3-2-5-17(24)11-12-29-25(31)23-16-34-26(30-23)18-6-4-7-21(13-18)33-15-19-9-10-20(27)14-22(19)28/h2-10,13-14,16H,11-12,15H2,1H3,(H,29,31). The number of amides is 1. The van der Waals surface area contributed by atoms with Crippen LogP contribution < -0.4 is 14.8 Å². The van der Waals surface area contributed by atoms with Crippen LogP contribution >= 0.6 is 11.3 Å². The third-order valence-corrected chi connectivity index (χ3v) is 5.99. The molecule has 0 aliphatic heterocycles. The molecule has 0 atom stereocenters. The Balaban J connectivity index is 1.36. The Kier molecular flexibility index (Phi) is 7.49. The molecule has 0 aliphatic carbocycles. The molecule has 4 rings (SSSR count). The summed E-state index contributed by atoms with van der Waals surface area (Å²) in [5.74, 6) is -0.239. The summed E-state index contributed by atoms with van der Waals surface area (Å²) in [5.41, 5.74) is 2.38. The molecule has 3 aromatic carbocycles. The van der Waals surface area contributed by atoms with Crippen LogP contribution in [0.25, 0.3) is 10.6 Å². The lowest BCUT2D eigenvalue weighted by atomic mass is 10.1. The Morgan fingerprint density at radius 2 is 1.88 bits per heavy atom. The molecule has 8 heteroatoms. The zero-order valence-electron chi connectivity index (χ0n) is 18.4. The number of aromatic nitrogens is 1. The molecule has 4 aromatic rings. The monoisotopic (exact) mass is 480 g/mol. The highest BCUT2D eigenvalue weighted by Crippen LogP contribution is 2.27. The molecule has 1 N–H and O–H groups in total. The highest BCUT2D eigenvalue weighted by Gasteiger charge is 2.13. The number of nitrogens with one attached hydrogen (secondary N) is 1. The van der Waals surface area contributed by atoms with Crippen LogP contribution in [0.4, 0.5) is 8.78 Å². The first-order valence-electron chi connectivity index (χ1n) is 10.6. The number of hydrogen-bond donors (Lipinski definition) is 1. The van der Waals surface area contributed by atoms with Crippen molar-refractivity contribution >= 4 is 17.2 Å². The maximum Gasteiger partial charge on any atom is 0.270 e. The van der Waals surface area contributed by atoms with Gasteiger partial charge in [-0.15, -0.1) is 11.3 Å². The molecule has 1 aromatic heterocycles. The molecule has 0 unspecified atom stereocenters. The van der Waals surface area contributed by atoms with Crippen LogP contribution in [-0.4, -0.2) is 24.5 Å². The van der Waals surface area contributed by atoms with E-state index in [1.54, 1.807) is 30.7 Å². The number of carbonyl (C=O) groups is 1. The largest absolute Gasteiger partial charge is 0.496 e. The molecule has 0 bridgehead atoms. The molecule has 34 heavy (non-hydrogen) atoms. The number of thiazole rings is 1. The molecule has 174 valence electrons. The minimum absolute atomic E-state index is 0.0344. The van der Waals surface area contributed by atoms with Crippen LogP contribution in [0.3, 0.4) is 0 Å². The third kappa shape index (κ3) is 5.77. The Morgan fingerprint density at radius 3 is 2.71 bits per heavy atom. The first kappa shape index (κ1) is 23.4. The highest BCUT2D eigenvalue weighted by molar-refractivity contribution is 7.13. The molecule has 0 fully saturated rings. The van der Waals surface area contributed by atoms with Gasteiger partial charge in [0.25, 0.3) is 5.91 Å². The van der Waals surface area contributed by atoms with Crippen LogP contribution in [0, 0.1) is 11.6 Å². The topological polar surface area (TPSA) is 60.5 Å². The number of halogens is 2. The van der Waals surface area contributed by atoms with Gasteiger partial charge in [-0.25, -0.2) is 13.8 Å². The van der Waals surface area contributed by atoms with Gasteiger partial charge in [-0.05, 0) is 42.3 Å². The number of carbonyl (C=O) groups excluding carboxylic acids is 1. The number of hydrogen-bond acceptors (Lipinski definition) is 5. The second-order valence-corrected chi connectivity index (χ2v) is 8.27. The van der Waals surface area contributed by atoms with E-state index >= 15 is 0 Å². The average Bonchev–Trinajstić information content (AvgIpc) is 3.35. The fraction of sp³-hybridized carbons (Fsp3) is 0.154. The summed E-state index contributed by atoms with van der Waals surface area (Å²) in [4.78, 5) is 17.0. The van der Waals surface area contributed by atoms with Crippen LogP contribution in [0.15, 0.2) is 72.1 Å². The Labute approximate surface area is 200 Å². The van der Waals surface area contributed by atoms with E-state index < -0.39 is 11.6 Å². The zero-order chi connectivity index (χ0) is 23.9. The first-order chi connectivity index (χ1) is 16.5. The molecule has 5 nitrogen and oxygen atoms in total. The predicted octanol–water partition coefficient (Wildman–Crippen LogP) is 5.65. The molecular formula is C26H22F2N2O3S. The third-order valence-electron chi connectivity index (χ3n) is 5.10. The van der Waals surface area contributed by atoms with Gasteiger partial charge in [0.2, 0.25) is 0 Å². The van der Waals surface area contributed by atoms with Crippen molar-refractivity contribution in [2.24, 2.45) is 0 Å². The SMILES string of the molecule is COc1ccccc1CCNC(=O)c1csc(-c2cccc(OCc3ccc(F)cc3F)c2)n1. The van der Waals surface area contributed by atoms with Crippen LogP contribution in [0.1, 0.15) is 21.6 Å². The van der Waals surface area contributed by atoms with Crippen LogP contribution in [-0.2, 0) is 13.0 Å². The molecule has 1 amide bonds. The van der Waals surface area contributed by atoms with Gasteiger partial charge in [-0.1, -0.05) is 30.3 Å². The number of para-hydroxylation sites is 1. The van der Waals surface area contributed by atoms with Crippen molar-refractivity contribution < 1.29 is 23.0 Å². The Morgan fingerprint density at radius 1 is 1.03 bits per heavy atom. The van der Waals surface area contributed by atoms with E-state index in [4.69, 9.17) is 9.47 Å². The van der Waals surface area contributed by atoms with Crippen molar-refractivity contribution in [3.63, 3.8) is 0 Å². The van der Waals surface area contributed by atoms with Crippen molar-refractivity contribution in [2.45, 2.75) is 13.0 Å². The maximum atomic E-state index is 13.8. The van der Waals surface area contributed by atoms with E-state index in [0.717, 1.165) is 22.9 Å². The number of methoxy groups -OCH3 is 1. The molecule has 0 saturated carbocycles. The molecule has 0 aliphatic rings. The number of ether oxygens (including phenoxy) is 2. The van der Waals surface area contributed by atoms with Gasteiger partial charge >= 0.3 is 0 Å². The van der Waals surface area contributed by atoms with Crippen LogP contribution in [0.2, 0.25) is 0 Å². The summed E-state index contributed by atoms with van der Waals surface area (Å²) < 4.78 is 37.9. The van der Waals surface area contributed by atoms with Gasteiger partial charge in [0.15, 0.2) is 0 Å². The zero-order valence-corrected chi connectivity index (χ0v) is 19.2. The van der Waals surface area contributed by atoms with E-state index in [9.17, 15) is 13.6 Å². The second-order valence-electron chi connectivity index (χ2n) is 7.41.